The summed E-state index contributed by atoms with van der Waals surface area (Å²) in [7, 11) is 0. The molecule has 3 fully saturated rings. The van der Waals surface area contributed by atoms with Gasteiger partial charge in [0.05, 0.1) is 0 Å². The second-order valence-corrected chi connectivity index (χ2v) is 7.30. The average Bonchev–Trinajstić information content (AvgIpc) is 2.55. The van der Waals surface area contributed by atoms with Crippen LogP contribution in [-0.4, -0.2) is 0 Å². The van der Waals surface area contributed by atoms with Crippen LogP contribution in [0.4, 0.5) is 0 Å². The fraction of sp³-hybridized carbons (Fsp3) is 1.00. The van der Waals surface area contributed by atoms with Crippen LogP contribution in [0.15, 0.2) is 0 Å². The molecule has 0 aromatic carbocycles. The van der Waals surface area contributed by atoms with Crippen molar-refractivity contribution in [3.8, 4) is 0 Å². The van der Waals surface area contributed by atoms with E-state index in [0.29, 0.717) is 5.41 Å². The molecule has 0 amide bonds. The first kappa shape index (κ1) is 10.2. The van der Waals surface area contributed by atoms with Gasteiger partial charge >= 0.3 is 0 Å². The highest BCUT2D eigenvalue weighted by Crippen LogP contribution is 2.70. The number of rotatable bonds is 0. The fourth-order valence-corrected chi connectivity index (χ4v) is 5.31. The molecule has 0 aromatic rings. The summed E-state index contributed by atoms with van der Waals surface area (Å²) in [5, 5.41) is 0. The second kappa shape index (κ2) is 3.02. The Labute approximate surface area is 94.8 Å². The maximum absolute atomic E-state index is 2.53. The predicted octanol–water partition coefficient (Wildman–Crippen LogP) is 4.35. The molecule has 0 spiro atoms. The predicted molar refractivity (Wildman–Crippen MR) is 64.5 cm³/mol. The molecule has 0 radical (unpaired) electrons. The summed E-state index contributed by atoms with van der Waals surface area (Å²) in [4.78, 5) is 0. The van der Waals surface area contributed by atoms with Crippen LogP contribution in [0, 0.1) is 40.9 Å². The molecule has 0 saturated heterocycles. The SMILES string of the molecule is C[C@@H]1CC[C@@H]2[C@@H]1[C@H]1[C@@H](CC[C@@H]2C)C1(C)C. The van der Waals surface area contributed by atoms with Crippen molar-refractivity contribution < 1.29 is 0 Å². The Bertz CT molecular complexity index is 265. The molecule has 0 heterocycles. The molecule has 0 aliphatic heterocycles. The van der Waals surface area contributed by atoms with Crippen LogP contribution >= 0.6 is 0 Å². The third kappa shape index (κ3) is 1.26. The topological polar surface area (TPSA) is 0 Å². The van der Waals surface area contributed by atoms with Gasteiger partial charge in [-0.1, -0.05) is 40.5 Å². The summed E-state index contributed by atoms with van der Waals surface area (Å²) in [6.07, 6.45) is 6.09. The summed E-state index contributed by atoms with van der Waals surface area (Å²) in [6, 6.07) is 0. The third-order valence-electron chi connectivity index (χ3n) is 6.32. The molecule has 86 valence electrons. The molecule has 0 nitrogen and oxygen atoms in total. The smallest absolute Gasteiger partial charge is 0.0289 e. The molecule has 0 heteroatoms. The van der Waals surface area contributed by atoms with Crippen LogP contribution in [0.5, 0.6) is 0 Å². The van der Waals surface area contributed by atoms with Gasteiger partial charge in [-0.05, 0) is 53.8 Å². The van der Waals surface area contributed by atoms with E-state index in [0.717, 1.165) is 35.5 Å². The number of hydrogen-bond donors (Lipinski definition) is 0. The van der Waals surface area contributed by atoms with Gasteiger partial charge in [0.15, 0.2) is 0 Å². The van der Waals surface area contributed by atoms with Crippen LogP contribution < -0.4 is 0 Å². The van der Waals surface area contributed by atoms with Gasteiger partial charge in [-0.15, -0.1) is 0 Å². The van der Waals surface area contributed by atoms with Crippen molar-refractivity contribution in [3.05, 3.63) is 0 Å². The highest BCUT2D eigenvalue weighted by molar-refractivity contribution is 5.12. The minimum Gasteiger partial charge on any atom is -0.0622 e. The monoisotopic (exact) mass is 206 g/mol. The summed E-state index contributed by atoms with van der Waals surface area (Å²) in [5.41, 5.74) is 0.696. The van der Waals surface area contributed by atoms with E-state index in [1.54, 1.807) is 0 Å². The first-order valence-electron chi connectivity index (χ1n) is 7.03. The van der Waals surface area contributed by atoms with Crippen molar-refractivity contribution in [3.63, 3.8) is 0 Å². The quantitative estimate of drug-likeness (QED) is 0.553. The summed E-state index contributed by atoms with van der Waals surface area (Å²) >= 11 is 0. The first-order chi connectivity index (χ1) is 7.03. The first-order valence-corrected chi connectivity index (χ1v) is 7.03. The van der Waals surface area contributed by atoms with E-state index in [1.165, 1.54) is 25.7 Å². The molecule has 3 aliphatic carbocycles. The van der Waals surface area contributed by atoms with E-state index >= 15 is 0 Å². The molecule has 15 heavy (non-hydrogen) atoms. The Morgan fingerprint density at radius 3 is 2.27 bits per heavy atom. The molecule has 0 bridgehead atoms. The standard InChI is InChI=1S/C15H26/c1-9-6-8-12-14(15(12,3)4)13-10(2)5-7-11(9)13/h9-14H,5-8H2,1-4H3/t9-,10+,11-,12+,13+,14+/m0/s1. The normalized spacial score (nSPS) is 56.8. The third-order valence-corrected chi connectivity index (χ3v) is 6.32. The van der Waals surface area contributed by atoms with Crippen LogP contribution in [0.1, 0.15) is 53.4 Å². The lowest BCUT2D eigenvalue weighted by Gasteiger charge is -2.28. The van der Waals surface area contributed by atoms with Crippen molar-refractivity contribution in [2.45, 2.75) is 53.4 Å². The molecular weight excluding hydrogens is 180 g/mol. The van der Waals surface area contributed by atoms with E-state index < -0.39 is 0 Å². The van der Waals surface area contributed by atoms with Gasteiger partial charge in [-0.25, -0.2) is 0 Å². The Morgan fingerprint density at radius 1 is 0.867 bits per heavy atom. The lowest BCUT2D eigenvalue weighted by atomic mass is 9.77. The van der Waals surface area contributed by atoms with E-state index in [1.807, 2.05) is 0 Å². The maximum Gasteiger partial charge on any atom is -0.0289 e. The van der Waals surface area contributed by atoms with Gasteiger partial charge in [-0.3, -0.25) is 0 Å². The zero-order valence-corrected chi connectivity index (χ0v) is 10.8. The van der Waals surface area contributed by atoms with E-state index in [9.17, 15) is 0 Å². The Hall–Kier alpha value is 0. The van der Waals surface area contributed by atoms with Crippen molar-refractivity contribution in [1.29, 1.82) is 0 Å². The minimum absolute atomic E-state index is 0.696. The summed E-state index contributed by atoms with van der Waals surface area (Å²) in [5.74, 6) is 6.37. The van der Waals surface area contributed by atoms with Crippen LogP contribution in [0.3, 0.4) is 0 Å². The number of hydrogen-bond acceptors (Lipinski definition) is 0. The van der Waals surface area contributed by atoms with Crippen LogP contribution in [-0.2, 0) is 0 Å². The fourth-order valence-electron chi connectivity index (χ4n) is 5.31. The Morgan fingerprint density at radius 2 is 1.53 bits per heavy atom. The lowest BCUT2D eigenvalue weighted by molar-refractivity contribution is 0.202. The van der Waals surface area contributed by atoms with Gasteiger partial charge in [0, 0.05) is 0 Å². The molecule has 0 N–H and O–H groups in total. The van der Waals surface area contributed by atoms with E-state index in [4.69, 9.17) is 0 Å². The van der Waals surface area contributed by atoms with E-state index in [2.05, 4.69) is 27.7 Å². The van der Waals surface area contributed by atoms with Gasteiger partial charge in [-0.2, -0.15) is 0 Å². The van der Waals surface area contributed by atoms with Gasteiger partial charge in [0.25, 0.3) is 0 Å². The van der Waals surface area contributed by atoms with Gasteiger partial charge in [0.1, 0.15) is 0 Å². The minimum atomic E-state index is 0.696. The highest BCUT2D eigenvalue weighted by Gasteiger charge is 2.64. The van der Waals surface area contributed by atoms with Crippen molar-refractivity contribution >= 4 is 0 Å². The van der Waals surface area contributed by atoms with Gasteiger partial charge < -0.3 is 0 Å². The summed E-state index contributed by atoms with van der Waals surface area (Å²) < 4.78 is 0. The Balaban J connectivity index is 1.90. The zero-order chi connectivity index (χ0) is 10.8. The van der Waals surface area contributed by atoms with Crippen molar-refractivity contribution in [1.82, 2.24) is 0 Å². The van der Waals surface area contributed by atoms with E-state index in [-0.39, 0.29) is 0 Å². The largest absolute Gasteiger partial charge is 0.0622 e. The molecule has 6 atom stereocenters. The average molecular weight is 206 g/mol. The second-order valence-electron chi connectivity index (χ2n) is 7.30. The van der Waals surface area contributed by atoms with Crippen LogP contribution in [0.25, 0.3) is 0 Å². The molecule has 3 rings (SSSR count). The zero-order valence-electron chi connectivity index (χ0n) is 10.8. The van der Waals surface area contributed by atoms with Crippen LogP contribution in [0.2, 0.25) is 0 Å². The molecule has 3 aliphatic rings. The molecule has 0 unspecified atom stereocenters. The summed E-state index contributed by atoms with van der Waals surface area (Å²) in [6.45, 7) is 10.1. The molecule has 0 aromatic heterocycles. The lowest BCUT2D eigenvalue weighted by Crippen LogP contribution is -2.22. The maximum atomic E-state index is 2.53. The highest BCUT2D eigenvalue weighted by atomic mass is 14.7. The van der Waals surface area contributed by atoms with Gasteiger partial charge in [0.2, 0.25) is 0 Å². The van der Waals surface area contributed by atoms with Crippen molar-refractivity contribution in [2.75, 3.05) is 0 Å². The number of fused-ring (bicyclic) bond motifs is 3. The Kier molecular flexibility index (Phi) is 2.05. The molecular formula is C15H26. The van der Waals surface area contributed by atoms with Crippen molar-refractivity contribution in [2.24, 2.45) is 40.9 Å². The molecule has 3 saturated carbocycles.